The van der Waals surface area contributed by atoms with Crippen molar-refractivity contribution in [3.05, 3.63) is 57.0 Å². The Labute approximate surface area is 235 Å². The van der Waals surface area contributed by atoms with Crippen LogP contribution in [0.1, 0.15) is 0 Å². The molecule has 2 heterocycles. The van der Waals surface area contributed by atoms with Gasteiger partial charge in [-0.2, -0.15) is 0 Å². The summed E-state index contributed by atoms with van der Waals surface area (Å²) >= 11 is 6.12. The van der Waals surface area contributed by atoms with Gasteiger partial charge in [-0.3, -0.25) is 9.69 Å². The Morgan fingerprint density at radius 1 is 0.838 bits per heavy atom. The third-order valence-corrected chi connectivity index (χ3v) is 7.00. The Hall–Kier alpha value is -1.63. The van der Waals surface area contributed by atoms with Crippen molar-refractivity contribution in [2.45, 2.75) is 0 Å². The van der Waals surface area contributed by atoms with Crippen LogP contribution in [-0.4, -0.2) is 107 Å². The number of carbonyl (C=O) groups is 1. The number of nitrogens with zero attached hydrogens (tertiary/aromatic N) is 3. The zero-order valence-corrected chi connectivity index (χ0v) is 24.6. The molecule has 0 unspecified atom stereocenters. The third kappa shape index (κ3) is 13.1. The fourth-order valence-electron chi connectivity index (χ4n) is 3.40. The number of rotatable bonds is 7. The highest BCUT2D eigenvalue weighted by Crippen LogP contribution is 2.21. The molecule has 2 fully saturated rings. The molecular formula is C26H36Br2F2N4O3. The van der Waals surface area contributed by atoms with E-state index in [0.717, 1.165) is 45.8 Å². The van der Waals surface area contributed by atoms with Gasteiger partial charge in [-0.05, 0) is 70.2 Å². The van der Waals surface area contributed by atoms with Crippen molar-refractivity contribution in [2.75, 3.05) is 86.2 Å². The summed E-state index contributed by atoms with van der Waals surface area (Å²) in [6.07, 6.45) is 0.611. The number of ether oxygens (including phenoxy) is 2. The molecule has 0 spiro atoms. The van der Waals surface area contributed by atoms with Gasteiger partial charge >= 0.3 is 0 Å². The van der Waals surface area contributed by atoms with Crippen molar-refractivity contribution in [1.82, 2.24) is 20.0 Å². The lowest BCUT2D eigenvalue weighted by Gasteiger charge is -2.32. The number of nitrogens with one attached hydrogen (secondary N) is 1. The summed E-state index contributed by atoms with van der Waals surface area (Å²) in [5.41, 5.74) is 0. The average molecular weight is 650 g/mol. The highest BCUT2D eigenvalue weighted by atomic mass is 79.9. The van der Waals surface area contributed by atoms with Gasteiger partial charge in [-0.25, -0.2) is 8.78 Å². The van der Waals surface area contributed by atoms with E-state index in [0.29, 0.717) is 33.3 Å². The molecule has 4 rings (SSSR count). The van der Waals surface area contributed by atoms with E-state index in [1.807, 2.05) is 0 Å². The Morgan fingerprint density at radius 2 is 1.35 bits per heavy atom. The zero-order valence-electron chi connectivity index (χ0n) is 21.4. The van der Waals surface area contributed by atoms with E-state index in [1.165, 1.54) is 31.3 Å². The number of hydrogen-bond acceptors (Lipinski definition) is 7. The second-order valence-electron chi connectivity index (χ2n) is 8.68. The summed E-state index contributed by atoms with van der Waals surface area (Å²) in [5, 5.41) is 3.27. The van der Waals surface area contributed by atoms with Gasteiger partial charge in [0.15, 0.2) is 6.29 Å². The fraction of sp³-hybridized carbons (Fsp3) is 0.500. The first-order chi connectivity index (χ1) is 17.8. The second kappa shape index (κ2) is 17.8. The maximum absolute atomic E-state index is 13.3. The van der Waals surface area contributed by atoms with E-state index < -0.39 is 5.82 Å². The Kier molecular flexibility index (Phi) is 15.2. The predicted molar refractivity (Wildman–Crippen MR) is 150 cm³/mol. The Bertz CT molecular complexity index is 944. The van der Waals surface area contributed by atoms with Gasteiger partial charge in [0.25, 0.3) is 0 Å². The lowest BCUT2D eigenvalue weighted by atomic mass is 10.3. The van der Waals surface area contributed by atoms with E-state index >= 15 is 0 Å². The van der Waals surface area contributed by atoms with Crippen molar-refractivity contribution in [3.8, 4) is 11.5 Å². The van der Waals surface area contributed by atoms with Crippen molar-refractivity contribution >= 4 is 38.1 Å². The third-order valence-electron chi connectivity index (χ3n) is 5.71. The van der Waals surface area contributed by atoms with Crippen LogP contribution in [-0.2, 0) is 4.79 Å². The number of likely N-dealkylation sites (N-methyl/N-ethyl adjacent to an activating group) is 2. The molecule has 206 valence electrons. The molecule has 2 aliphatic heterocycles. The van der Waals surface area contributed by atoms with Crippen LogP contribution in [0.25, 0.3) is 0 Å². The molecule has 11 heteroatoms. The molecule has 37 heavy (non-hydrogen) atoms. The fourth-order valence-corrected chi connectivity index (χ4v) is 3.90. The molecule has 1 N–H and O–H groups in total. The molecule has 7 nitrogen and oxygen atoms in total. The van der Waals surface area contributed by atoms with E-state index in [-0.39, 0.29) is 12.4 Å². The summed E-state index contributed by atoms with van der Waals surface area (Å²) in [4.78, 5) is 16.9. The van der Waals surface area contributed by atoms with Crippen LogP contribution in [0.3, 0.4) is 0 Å². The first-order valence-electron chi connectivity index (χ1n) is 12.2. The first-order valence-corrected chi connectivity index (χ1v) is 13.8. The van der Waals surface area contributed by atoms with E-state index in [1.54, 1.807) is 18.2 Å². The van der Waals surface area contributed by atoms with Gasteiger partial charge in [0.1, 0.15) is 36.3 Å². The molecule has 2 aromatic carbocycles. The molecule has 0 atom stereocenters. The van der Waals surface area contributed by atoms with E-state index in [2.05, 4.69) is 66.0 Å². The van der Waals surface area contributed by atoms with Crippen LogP contribution < -0.4 is 14.8 Å². The maximum atomic E-state index is 13.3. The van der Waals surface area contributed by atoms with Crippen molar-refractivity contribution < 1.29 is 23.0 Å². The minimum Gasteiger partial charge on any atom is -0.492 e. The number of piperazine rings is 2. The molecule has 2 aliphatic rings. The molecule has 0 saturated carbocycles. The minimum absolute atomic E-state index is 0.0545. The monoisotopic (exact) mass is 648 g/mol. The van der Waals surface area contributed by atoms with Crippen molar-refractivity contribution in [3.63, 3.8) is 0 Å². The molecule has 2 aromatic rings. The smallest absolute Gasteiger partial charge is 0.157 e. The van der Waals surface area contributed by atoms with Gasteiger partial charge in [0.05, 0.1) is 8.95 Å². The summed E-state index contributed by atoms with van der Waals surface area (Å²) < 4.78 is 37.3. The number of carbonyl (C=O) groups excluding carboxylic acids is 1. The molecule has 0 amide bonds. The molecule has 0 aliphatic carbocycles. The number of benzene rings is 2. The van der Waals surface area contributed by atoms with Crippen LogP contribution in [0.4, 0.5) is 8.78 Å². The van der Waals surface area contributed by atoms with Gasteiger partial charge in [0, 0.05) is 71.0 Å². The number of halogens is 4. The summed E-state index contributed by atoms with van der Waals surface area (Å²) in [7, 11) is 4.29. The minimum atomic E-state index is -0.404. The first kappa shape index (κ1) is 31.6. The quantitative estimate of drug-likeness (QED) is 0.457. The Balaban J connectivity index is 0.000000217. The molecule has 0 aromatic heterocycles. The van der Waals surface area contributed by atoms with Crippen molar-refractivity contribution in [1.29, 1.82) is 0 Å². The van der Waals surface area contributed by atoms with Crippen LogP contribution in [0, 0.1) is 11.6 Å². The highest BCUT2D eigenvalue weighted by molar-refractivity contribution is 9.10. The maximum Gasteiger partial charge on any atom is 0.157 e. The zero-order chi connectivity index (χ0) is 27.0. The standard InChI is InChI=1S/C13H18BrFN2O.C8H6BrFO2.C5H12N2/c1-16-4-6-17(7-5-16)8-9-18-11-2-3-12(14)13(15)10-11;9-7-2-1-6(5-8(7)10)12-4-3-11;1-7-4-2-6-3-5-7/h2-3,10H,4-9H2,1H3;1-3,5H,4H2;6H,2-5H2,1H3. The predicted octanol–water partition coefficient (Wildman–Crippen LogP) is 3.90. The lowest BCUT2D eigenvalue weighted by molar-refractivity contribution is -0.109. The SMILES string of the molecule is CN1CCN(CCOc2ccc(Br)c(F)c2)CC1.CN1CCNCC1.O=CCOc1ccc(Br)c(F)c1. The van der Waals surface area contributed by atoms with Gasteiger partial charge in [-0.15, -0.1) is 0 Å². The van der Waals surface area contributed by atoms with Gasteiger partial charge in [-0.1, -0.05) is 0 Å². The normalized spacial score (nSPS) is 16.6. The Morgan fingerprint density at radius 3 is 1.81 bits per heavy atom. The summed E-state index contributed by atoms with van der Waals surface area (Å²) in [5.74, 6) is 0.248. The topological polar surface area (TPSA) is 57.3 Å². The summed E-state index contributed by atoms with van der Waals surface area (Å²) in [6, 6.07) is 9.17. The van der Waals surface area contributed by atoms with E-state index in [9.17, 15) is 13.6 Å². The molecule has 2 saturated heterocycles. The number of aldehydes is 1. The van der Waals surface area contributed by atoms with Crippen LogP contribution in [0.2, 0.25) is 0 Å². The molecule has 0 radical (unpaired) electrons. The van der Waals surface area contributed by atoms with E-state index in [4.69, 9.17) is 9.47 Å². The largest absolute Gasteiger partial charge is 0.492 e. The van der Waals surface area contributed by atoms with Crippen LogP contribution in [0.15, 0.2) is 45.3 Å². The second-order valence-corrected chi connectivity index (χ2v) is 10.4. The van der Waals surface area contributed by atoms with Gasteiger partial charge in [0.2, 0.25) is 0 Å². The molecule has 0 bridgehead atoms. The van der Waals surface area contributed by atoms with Crippen LogP contribution in [0.5, 0.6) is 11.5 Å². The highest BCUT2D eigenvalue weighted by Gasteiger charge is 2.13. The lowest BCUT2D eigenvalue weighted by Crippen LogP contribution is -2.45. The van der Waals surface area contributed by atoms with Gasteiger partial charge < -0.3 is 24.6 Å². The number of hydrogen-bond donors (Lipinski definition) is 1. The van der Waals surface area contributed by atoms with Crippen LogP contribution >= 0.6 is 31.9 Å². The average Bonchev–Trinajstić information content (AvgIpc) is 2.89. The summed E-state index contributed by atoms with van der Waals surface area (Å²) in [6.45, 7) is 10.5. The van der Waals surface area contributed by atoms with Crippen molar-refractivity contribution in [2.24, 2.45) is 0 Å². The molecular weight excluding hydrogens is 614 g/mol.